The molecule has 0 saturated carbocycles. The van der Waals surface area contributed by atoms with E-state index in [2.05, 4.69) is 32.6 Å². The van der Waals surface area contributed by atoms with Crippen molar-refractivity contribution in [3.05, 3.63) is 23.6 Å². The highest BCUT2D eigenvalue weighted by molar-refractivity contribution is 8.02. The van der Waals surface area contributed by atoms with Gasteiger partial charge in [-0.2, -0.15) is 0 Å². The molecule has 0 spiro atoms. The minimum Gasteiger partial charge on any atom is -0.394 e. The smallest absolute Gasteiger partial charge is 0.167 e. The van der Waals surface area contributed by atoms with E-state index in [0.29, 0.717) is 6.54 Å². The zero-order valence-corrected chi connectivity index (χ0v) is 18.1. The van der Waals surface area contributed by atoms with E-state index in [1.807, 2.05) is 39.2 Å². The van der Waals surface area contributed by atoms with Gasteiger partial charge in [0.2, 0.25) is 0 Å². The molecule has 1 saturated heterocycles. The molecule has 2 N–H and O–H groups in total. The van der Waals surface area contributed by atoms with Gasteiger partial charge < -0.3 is 15.2 Å². The van der Waals surface area contributed by atoms with Crippen LogP contribution >= 0.6 is 11.8 Å². The van der Waals surface area contributed by atoms with Crippen molar-refractivity contribution in [3.8, 4) is 0 Å². The average molecular weight is 396 g/mol. The number of aromatic nitrogens is 4. The summed E-state index contributed by atoms with van der Waals surface area (Å²) < 4.78 is 7.74. The molecule has 3 heterocycles. The van der Waals surface area contributed by atoms with Gasteiger partial charge in [-0.3, -0.25) is 4.57 Å². The van der Waals surface area contributed by atoms with Crippen LogP contribution in [-0.2, 0) is 4.74 Å². The molecule has 0 aliphatic carbocycles. The first-order valence-electron chi connectivity index (χ1n) is 9.63. The number of rotatable bonds is 6. The Morgan fingerprint density at radius 2 is 2.04 bits per heavy atom. The van der Waals surface area contributed by atoms with Crippen molar-refractivity contribution >= 4 is 28.7 Å². The van der Waals surface area contributed by atoms with Crippen LogP contribution in [0.3, 0.4) is 0 Å². The van der Waals surface area contributed by atoms with Crippen molar-refractivity contribution in [2.24, 2.45) is 0 Å². The van der Waals surface area contributed by atoms with Gasteiger partial charge in [0.1, 0.15) is 12.6 Å². The van der Waals surface area contributed by atoms with Crippen molar-refractivity contribution < 1.29 is 9.84 Å². The number of hydrogen-bond donors (Lipinski definition) is 2. The number of aliphatic hydroxyl groups is 1. The van der Waals surface area contributed by atoms with E-state index in [0.717, 1.165) is 29.8 Å². The molecule has 7 nitrogen and oxygen atoms in total. The number of fused-ring (bicyclic) bond motifs is 1. The van der Waals surface area contributed by atoms with E-state index in [4.69, 9.17) is 4.74 Å². The molecule has 0 radical (unpaired) electrons. The minimum atomic E-state index is -0.128. The fourth-order valence-corrected chi connectivity index (χ4v) is 3.13. The Balaban J connectivity index is 0.000000855. The van der Waals surface area contributed by atoms with E-state index < -0.39 is 0 Å². The van der Waals surface area contributed by atoms with E-state index in [1.54, 1.807) is 18.1 Å². The minimum absolute atomic E-state index is 0.0474. The summed E-state index contributed by atoms with van der Waals surface area (Å²) in [6.45, 7) is 10.8. The predicted molar refractivity (Wildman–Crippen MR) is 114 cm³/mol. The lowest BCUT2D eigenvalue weighted by molar-refractivity contribution is -0.0207. The standard InChI is InChI=1S/C15H21N5O2S.2C2H6/c1-3-11(23-2)6-16-14-13-15(18-8-17-14)20(9-19-13)12-5-4-10(7-21)22-12;2*1-2/h3,8-10,12,21H,4-7H2,1-2H3,(H,16,17,18);2*1-2H3/b11-3-;;. The van der Waals surface area contributed by atoms with Gasteiger partial charge in [-0.25, -0.2) is 15.0 Å². The second-order valence-electron chi connectivity index (χ2n) is 5.33. The quantitative estimate of drug-likeness (QED) is 0.757. The number of aliphatic hydroxyl groups excluding tert-OH is 1. The van der Waals surface area contributed by atoms with E-state index in [-0.39, 0.29) is 18.9 Å². The summed E-state index contributed by atoms with van der Waals surface area (Å²) in [5, 5.41) is 12.5. The molecule has 2 aromatic rings. The molecule has 152 valence electrons. The van der Waals surface area contributed by atoms with Crippen molar-refractivity contribution in [1.82, 2.24) is 19.5 Å². The zero-order chi connectivity index (χ0) is 20.2. The maximum absolute atomic E-state index is 9.21. The number of nitrogens with zero attached hydrogens (tertiary/aromatic N) is 4. The van der Waals surface area contributed by atoms with Crippen molar-refractivity contribution in [2.75, 3.05) is 24.7 Å². The fraction of sp³-hybridized carbons (Fsp3) is 0.632. The van der Waals surface area contributed by atoms with E-state index in [9.17, 15) is 5.11 Å². The third-order valence-electron chi connectivity index (χ3n) is 3.97. The number of imidazole rings is 1. The highest BCUT2D eigenvalue weighted by Crippen LogP contribution is 2.31. The van der Waals surface area contributed by atoms with E-state index >= 15 is 0 Å². The molecular weight excluding hydrogens is 362 g/mol. The normalized spacial score (nSPS) is 19.1. The largest absolute Gasteiger partial charge is 0.394 e. The van der Waals surface area contributed by atoms with Gasteiger partial charge in [0.15, 0.2) is 17.0 Å². The molecule has 0 amide bonds. The number of anilines is 1. The summed E-state index contributed by atoms with van der Waals surface area (Å²) in [7, 11) is 0. The van der Waals surface area contributed by atoms with Crippen LogP contribution in [0.4, 0.5) is 5.82 Å². The molecule has 1 aliphatic heterocycles. The van der Waals surface area contributed by atoms with Crippen LogP contribution in [0.5, 0.6) is 0 Å². The van der Waals surface area contributed by atoms with Crippen LogP contribution in [0.2, 0.25) is 0 Å². The topological polar surface area (TPSA) is 85.1 Å². The highest BCUT2D eigenvalue weighted by Gasteiger charge is 2.27. The van der Waals surface area contributed by atoms with Gasteiger partial charge >= 0.3 is 0 Å². The molecule has 2 aromatic heterocycles. The molecule has 1 fully saturated rings. The lowest BCUT2D eigenvalue weighted by Crippen LogP contribution is -2.14. The van der Waals surface area contributed by atoms with Gasteiger partial charge in [-0.05, 0) is 30.9 Å². The van der Waals surface area contributed by atoms with Gasteiger partial charge in [0.25, 0.3) is 0 Å². The lowest BCUT2D eigenvalue weighted by Gasteiger charge is -2.14. The van der Waals surface area contributed by atoms with Gasteiger partial charge in [-0.1, -0.05) is 33.8 Å². The average Bonchev–Trinajstić information content (AvgIpc) is 3.38. The first-order chi connectivity index (χ1) is 13.3. The summed E-state index contributed by atoms with van der Waals surface area (Å²) in [5.74, 6) is 0.721. The highest BCUT2D eigenvalue weighted by atomic mass is 32.2. The predicted octanol–water partition coefficient (Wildman–Crippen LogP) is 4.23. The van der Waals surface area contributed by atoms with Crippen LogP contribution in [0, 0.1) is 0 Å². The lowest BCUT2D eigenvalue weighted by atomic mass is 10.2. The molecule has 0 bridgehead atoms. The number of allylic oxidation sites excluding steroid dienone is 1. The molecule has 0 aromatic carbocycles. The van der Waals surface area contributed by atoms with E-state index in [1.165, 1.54) is 11.2 Å². The molecule has 3 rings (SSSR count). The third-order valence-corrected chi connectivity index (χ3v) is 4.88. The van der Waals surface area contributed by atoms with Gasteiger partial charge in [-0.15, -0.1) is 11.8 Å². The van der Waals surface area contributed by atoms with Crippen LogP contribution in [0.1, 0.15) is 53.7 Å². The second kappa shape index (κ2) is 12.7. The molecule has 8 heteroatoms. The monoisotopic (exact) mass is 395 g/mol. The summed E-state index contributed by atoms with van der Waals surface area (Å²) in [6, 6.07) is 0. The Kier molecular flexibility index (Phi) is 11.0. The third kappa shape index (κ3) is 5.92. The molecule has 1 aliphatic rings. The Hall–Kier alpha value is -1.64. The number of thioether (sulfide) groups is 1. The van der Waals surface area contributed by atoms with Crippen LogP contribution in [0.25, 0.3) is 11.2 Å². The zero-order valence-electron chi connectivity index (χ0n) is 17.3. The van der Waals surface area contributed by atoms with Crippen LogP contribution < -0.4 is 5.32 Å². The van der Waals surface area contributed by atoms with Gasteiger partial charge in [0, 0.05) is 6.54 Å². The Bertz CT molecular complexity index is 704. The Morgan fingerprint density at radius 3 is 2.63 bits per heavy atom. The summed E-state index contributed by atoms with van der Waals surface area (Å²) in [4.78, 5) is 14.3. The molecule has 2 unspecified atom stereocenters. The first kappa shape index (κ1) is 23.4. The number of nitrogens with one attached hydrogen (secondary N) is 1. The fourth-order valence-electron chi connectivity index (χ4n) is 2.68. The maximum Gasteiger partial charge on any atom is 0.167 e. The van der Waals surface area contributed by atoms with Crippen LogP contribution in [0.15, 0.2) is 23.6 Å². The van der Waals surface area contributed by atoms with Crippen molar-refractivity contribution in [3.63, 3.8) is 0 Å². The summed E-state index contributed by atoms with van der Waals surface area (Å²) >= 11 is 1.71. The van der Waals surface area contributed by atoms with Crippen molar-refractivity contribution in [1.29, 1.82) is 0 Å². The Morgan fingerprint density at radius 1 is 1.30 bits per heavy atom. The second-order valence-corrected chi connectivity index (χ2v) is 6.26. The number of ether oxygens (including phenoxy) is 1. The number of hydrogen-bond acceptors (Lipinski definition) is 7. The molecule has 27 heavy (non-hydrogen) atoms. The summed E-state index contributed by atoms with van der Waals surface area (Å²) in [5.41, 5.74) is 1.48. The maximum atomic E-state index is 9.21. The van der Waals surface area contributed by atoms with Crippen molar-refractivity contribution in [2.45, 2.75) is 59.8 Å². The SMILES string of the molecule is C/C=C(/CNc1ncnc2c1ncn2C1CCC(CO)O1)SC.CC.CC. The summed E-state index contributed by atoms with van der Waals surface area (Å²) in [6.07, 6.45) is 8.86. The Labute approximate surface area is 166 Å². The van der Waals surface area contributed by atoms with Crippen LogP contribution in [-0.4, -0.2) is 50.1 Å². The first-order valence-corrected chi connectivity index (χ1v) is 10.9. The van der Waals surface area contributed by atoms with Gasteiger partial charge in [0.05, 0.1) is 19.0 Å². The molecule has 2 atom stereocenters. The molecular formula is C19H33N5O2S.